The first-order chi connectivity index (χ1) is 8.99. The molecular formula is C14H18N2O2S. The third-order valence-electron chi connectivity index (χ3n) is 3.26. The minimum absolute atomic E-state index is 0.0438. The number of aromatic amines is 1. The highest BCUT2D eigenvalue weighted by atomic mass is 32.2. The molecule has 19 heavy (non-hydrogen) atoms. The number of nitrogens with zero attached hydrogens (tertiary/aromatic N) is 1. The summed E-state index contributed by atoms with van der Waals surface area (Å²) in [6.45, 7) is 1.91. The van der Waals surface area contributed by atoms with Gasteiger partial charge in [-0.1, -0.05) is 6.07 Å². The van der Waals surface area contributed by atoms with Gasteiger partial charge in [0.25, 0.3) is 5.91 Å². The Bertz CT molecular complexity index is 621. The number of nitrogens with one attached hydrogen (secondary N) is 1. The molecule has 2 rings (SSSR count). The fraction of sp³-hybridized carbons (Fsp3) is 0.357. The third kappa shape index (κ3) is 3.04. The summed E-state index contributed by atoms with van der Waals surface area (Å²) in [5.74, 6) is 0.446. The van der Waals surface area contributed by atoms with Gasteiger partial charge in [0.2, 0.25) is 0 Å². The van der Waals surface area contributed by atoms with Gasteiger partial charge >= 0.3 is 0 Å². The molecule has 0 bridgehead atoms. The lowest BCUT2D eigenvalue weighted by atomic mass is 10.1. The van der Waals surface area contributed by atoms with Crippen molar-refractivity contribution in [2.24, 2.45) is 0 Å². The van der Waals surface area contributed by atoms with E-state index < -0.39 is 10.8 Å². The zero-order chi connectivity index (χ0) is 14.0. The summed E-state index contributed by atoms with van der Waals surface area (Å²) in [5.41, 5.74) is 1.59. The van der Waals surface area contributed by atoms with Crippen LogP contribution >= 0.6 is 0 Å². The maximum absolute atomic E-state index is 12.3. The van der Waals surface area contributed by atoms with Crippen molar-refractivity contribution in [3.8, 4) is 0 Å². The van der Waals surface area contributed by atoms with Gasteiger partial charge in [0.15, 0.2) is 0 Å². The molecule has 0 saturated heterocycles. The van der Waals surface area contributed by atoms with Crippen molar-refractivity contribution in [2.75, 3.05) is 19.1 Å². The van der Waals surface area contributed by atoms with E-state index in [0.29, 0.717) is 11.3 Å². The fourth-order valence-corrected chi connectivity index (χ4v) is 2.94. The molecule has 1 N–H and O–H groups in total. The average molecular weight is 278 g/mol. The Hall–Kier alpha value is -1.62. The second-order valence-electron chi connectivity index (χ2n) is 4.78. The number of carbonyl (C=O) groups is 1. The number of carbonyl (C=O) groups excluding carboxylic acids is 1. The summed E-state index contributed by atoms with van der Waals surface area (Å²) in [6.07, 6.45) is 3.51. The number of benzene rings is 1. The van der Waals surface area contributed by atoms with Gasteiger partial charge in [-0.3, -0.25) is 9.00 Å². The highest BCUT2D eigenvalue weighted by Crippen LogP contribution is 2.16. The van der Waals surface area contributed by atoms with Gasteiger partial charge in [-0.15, -0.1) is 0 Å². The van der Waals surface area contributed by atoms with E-state index in [1.54, 1.807) is 18.2 Å². The summed E-state index contributed by atoms with van der Waals surface area (Å²) in [4.78, 5) is 17.1. The molecule has 1 aromatic heterocycles. The molecule has 0 spiro atoms. The molecule has 2 aromatic rings. The first kappa shape index (κ1) is 13.8. The summed E-state index contributed by atoms with van der Waals surface area (Å²) in [7, 11) is 0.844. The second kappa shape index (κ2) is 5.57. The van der Waals surface area contributed by atoms with Gasteiger partial charge in [-0.25, -0.2) is 0 Å². The molecule has 1 aromatic carbocycles. The fourth-order valence-electron chi connectivity index (χ4n) is 2.04. The Kier molecular flexibility index (Phi) is 4.04. The van der Waals surface area contributed by atoms with E-state index in [-0.39, 0.29) is 11.9 Å². The second-order valence-corrected chi connectivity index (χ2v) is 6.26. The molecule has 0 aliphatic carbocycles. The van der Waals surface area contributed by atoms with Crippen LogP contribution in [0.1, 0.15) is 17.3 Å². The molecule has 0 aliphatic rings. The Morgan fingerprint density at radius 3 is 2.84 bits per heavy atom. The summed E-state index contributed by atoms with van der Waals surface area (Å²) in [6, 6.07) is 7.53. The monoisotopic (exact) mass is 278 g/mol. The van der Waals surface area contributed by atoms with Crippen LogP contribution in [0.3, 0.4) is 0 Å². The minimum atomic E-state index is -0.905. The van der Waals surface area contributed by atoms with E-state index in [0.717, 1.165) is 10.9 Å². The Morgan fingerprint density at radius 2 is 2.16 bits per heavy atom. The van der Waals surface area contributed by atoms with Crippen molar-refractivity contribution in [1.29, 1.82) is 0 Å². The Labute approximate surface area is 115 Å². The third-order valence-corrected chi connectivity index (χ3v) is 4.21. The molecule has 2 unspecified atom stereocenters. The molecule has 5 heteroatoms. The van der Waals surface area contributed by atoms with Crippen LogP contribution in [0.15, 0.2) is 30.5 Å². The number of hydrogen-bond donors (Lipinski definition) is 1. The van der Waals surface area contributed by atoms with Crippen LogP contribution in [0.25, 0.3) is 10.9 Å². The van der Waals surface area contributed by atoms with Crippen LogP contribution in [-0.2, 0) is 10.8 Å². The molecule has 1 amide bonds. The van der Waals surface area contributed by atoms with E-state index in [9.17, 15) is 9.00 Å². The highest BCUT2D eigenvalue weighted by molar-refractivity contribution is 7.84. The molecule has 102 valence electrons. The summed E-state index contributed by atoms with van der Waals surface area (Å²) < 4.78 is 11.2. The largest absolute Gasteiger partial charge is 0.361 e. The zero-order valence-corrected chi connectivity index (χ0v) is 12.2. The van der Waals surface area contributed by atoms with Crippen LogP contribution in [0.5, 0.6) is 0 Å². The molecule has 4 nitrogen and oxygen atoms in total. The summed E-state index contributed by atoms with van der Waals surface area (Å²) >= 11 is 0. The molecule has 0 aliphatic heterocycles. The van der Waals surface area contributed by atoms with Crippen LogP contribution in [0.2, 0.25) is 0 Å². The summed E-state index contributed by atoms with van der Waals surface area (Å²) in [5, 5.41) is 1.09. The van der Waals surface area contributed by atoms with Gasteiger partial charge in [0.05, 0.1) is 0 Å². The van der Waals surface area contributed by atoms with Gasteiger partial charge in [-0.05, 0) is 30.5 Å². The minimum Gasteiger partial charge on any atom is -0.361 e. The number of H-pyrrole nitrogens is 1. The Balaban J connectivity index is 2.20. The predicted octanol–water partition coefficient (Wildman–Crippen LogP) is 2.01. The van der Waals surface area contributed by atoms with E-state index >= 15 is 0 Å². The molecule has 2 atom stereocenters. The number of aromatic nitrogens is 1. The van der Waals surface area contributed by atoms with E-state index in [2.05, 4.69) is 4.98 Å². The number of fused-ring (bicyclic) bond motifs is 1. The first-order valence-corrected chi connectivity index (χ1v) is 7.86. The van der Waals surface area contributed by atoms with Crippen molar-refractivity contribution in [3.05, 3.63) is 36.0 Å². The van der Waals surface area contributed by atoms with Crippen LogP contribution < -0.4 is 0 Å². The highest BCUT2D eigenvalue weighted by Gasteiger charge is 2.18. The first-order valence-electron chi connectivity index (χ1n) is 6.13. The maximum atomic E-state index is 12.3. The molecule has 0 radical (unpaired) electrons. The number of amides is 1. The molecular weight excluding hydrogens is 260 g/mol. The molecule has 0 fully saturated rings. The lowest BCUT2D eigenvalue weighted by Crippen LogP contribution is -2.38. The van der Waals surface area contributed by atoms with Crippen molar-refractivity contribution < 1.29 is 9.00 Å². The van der Waals surface area contributed by atoms with Gasteiger partial charge in [-0.2, -0.15) is 0 Å². The van der Waals surface area contributed by atoms with Gasteiger partial charge < -0.3 is 9.88 Å². The van der Waals surface area contributed by atoms with E-state index in [4.69, 9.17) is 0 Å². The van der Waals surface area contributed by atoms with Gasteiger partial charge in [0.1, 0.15) is 0 Å². The van der Waals surface area contributed by atoms with Crippen molar-refractivity contribution >= 4 is 27.6 Å². The average Bonchev–Trinajstić information content (AvgIpc) is 2.83. The molecule has 0 saturated carbocycles. The van der Waals surface area contributed by atoms with E-state index in [1.807, 2.05) is 37.4 Å². The molecule has 1 heterocycles. The van der Waals surface area contributed by atoms with Crippen LogP contribution in [0.4, 0.5) is 0 Å². The lowest BCUT2D eigenvalue weighted by Gasteiger charge is -2.24. The Morgan fingerprint density at radius 1 is 1.42 bits per heavy atom. The van der Waals surface area contributed by atoms with Crippen LogP contribution in [0, 0.1) is 0 Å². The van der Waals surface area contributed by atoms with Crippen molar-refractivity contribution in [1.82, 2.24) is 9.88 Å². The smallest absolute Gasteiger partial charge is 0.253 e. The van der Waals surface area contributed by atoms with Crippen molar-refractivity contribution in [3.63, 3.8) is 0 Å². The normalized spacial score (nSPS) is 14.3. The van der Waals surface area contributed by atoms with Crippen LogP contribution in [-0.4, -0.2) is 45.1 Å². The number of rotatable bonds is 4. The van der Waals surface area contributed by atoms with Crippen molar-refractivity contribution in [2.45, 2.75) is 13.0 Å². The SMILES string of the molecule is CC(CS(C)=O)N(C)C(=O)c1ccc2cc[nH]c2c1. The zero-order valence-electron chi connectivity index (χ0n) is 11.3. The topological polar surface area (TPSA) is 53.2 Å². The standard InChI is InChI=1S/C14H18N2O2S/c1-10(9-19(3)18)16(2)14(17)12-5-4-11-6-7-15-13(11)8-12/h4-8,10,15H,9H2,1-3H3. The maximum Gasteiger partial charge on any atom is 0.253 e. The quantitative estimate of drug-likeness (QED) is 0.930. The number of hydrogen-bond acceptors (Lipinski definition) is 2. The predicted molar refractivity (Wildman–Crippen MR) is 78.8 cm³/mol. The lowest BCUT2D eigenvalue weighted by molar-refractivity contribution is 0.0757. The van der Waals surface area contributed by atoms with E-state index in [1.165, 1.54) is 0 Å². The van der Waals surface area contributed by atoms with Gasteiger partial charge in [0, 0.05) is 53.2 Å².